The fraction of sp³-hybridized carbons (Fsp3) is 0.786. The van der Waals surface area contributed by atoms with Crippen molar-refractivity contribution < 1.29 is 9.53 Å². The highest BCUT2D eigenvalue weighted by atomic mass is 16.5. The Labute approximate surface area is 105 Å². The summed E-state index contributed by atoms with van der Waals surface area (Å²) in [7, 11) is 1.77. The molecule has 0 saturated carbocycles. The average Bonchev–Trinajstić information content (AvgIpc) is 2.83. The number of likely N-dealkylation sites (tertiary alicyclic amines) is 1. The highest BCUT2D eigenvalue weighted by Gasteiger charge is 2.24. The molecule has 0 bridgehead atoms. The van der Waals surface area contributed by atoms with E-state index >= 15 is 0 Å². The van der Waals surface area contributed by atoms with Gasteiger partial charge in [-0.3, -0.25) is 9.69 Å². The van der Waals surface area contributed by atoms with Crippen molar-refractivity contribution in [1.82, 2.24) is 4.90 Å². The zero-order chi connectivity index (χ0) is 12.8. The number of nitrogens with zero attached hydrogens (tertiary/aromatic N) is 1. The second-order valence-corrected chi connectivity index (χ2v) is 4.95. The highest BCUT2D eigenvalue weighted by Crippen LogP contribution is 2.15. The van der Waals surface area contributed by atoms with Crippen molar-refractivity contribution in [2.75, 3.05) is 20.2 Å². The van der Waals surface area contributed by atoms with Crippen molar-refractivity contribution in [1.29, 1.82) is 0 Å². The maximum Gasteiger partial charge on any atom is 0.158 e. The van der Waals surface area contributed by atoms with Gasteiger partial charge in [-0.1, -0.05) is 19.9 Å². The van der Waals surface area contributed by atoms with Crippen molar-refractivity contribution in [3.63, 3.8) is 0 Å². The van der Waals surface area contributed by atoms with Gasteiger partial charge in [-0.05, 0) is 25.8 Å². The number of ether oxygens (including phenoxy) is 1. The van der Waals surface area contributed by atoms with Gasteiger partial charge in [-0.2, -0.15) is 0 Å². The first kappa shape index (κ1) is 14.4. The minimum atomic E-state index is 0.142. The van der Waals surface area contributed by atoms with E-state index in [-0.39, 0.29) is 11.7 Å². The Bertz CT molecular complexity index is 275. The lowest BCUT2D eigenvalue weighted by atomic mass is 10.0. The molecule has 0 N–H and O–H groups in total. The van der Waals surface area contributed by atoms with Gasteiger partial charge >= 0.3 is 0 Å². The smallest absolute Gasteiger partial charge is 0.158 e. The molecule has 1 aliphatic rings. The Morgan fingerprint density at radius 1 is 1.53 bits per heavy atom. The summed E-state index contributed by atoms with van der Waals surface area (Å²) < 4.78 is 5.34. The van der Waals surface area contributed by atoms with E-state index in [1.165, 1.54) is 0 Å². The first-order chi connectivity index (χ1) is 8.08. The van der Waals surface area contributed by atoms with Crippen LogP contribution in [0.15, 0.2) is 12.2 Å². The van der Waals surface area contributed by atoms with Crippen LogP contribution in [0.4, 0.5) is 0 Å². The Morgan fingerprint density at radius 3 is 2.76 bits per heavy atom. The molecule has 0 aromatic carbocycles. The Morgan fingerprint density at radius 2 is 2.24 bits per heavy atom. The van der Waals surface area contributed by atoms with Crippen LogP contribution in [0, 0.1) is 5.92 Å². The van der Waals surface area contributed by atoms with Crippen LogP contribution in [-0.2, 0) is 9.53 Å². The molecule has 1 fully saturated rings. The van der Waals surface area contributed by atoms with Crippen LogP contribution in [0.2, 0.25) is 0 Å². The molecule has 0 radical (unpaired) electrons. The minimum Gasteiger partial charge on any atom is -0.380 e. The molecule has 1 heterocycles. The summed E-state index contributed by atoms with van der Waals surface area (Å²) in [6.45, 7) is 8.19. The Kier molecular flexibility index (Phi) is 5.86. The lowest BCUT2D eigenvalue weighted by Crippen LogP contribution is -2.30. The summed E-state index contributed by atoms with van der Waals surface area (Å²) in [5.41, 5.74) is 0. The van der Waals surface area contributed by atoms with E-state index in [4.69, 9.17) is 4.74 Å². The molecule has 0 aromatic rings. The van der Waals surface area contributed by atoms with Crippen molar-refractivity contribution in [3.05, 3.63) is 12.2 Å². The standard InChI is InChI=1S/C14H25NO2/c1-5-11(2)14(16)7-6-12(3)15-9-8-13(10-15)17-4/h6-7,11-13H,5,8-10H2,1-4H3/b7-6+. The molecule has 1 saturated heterocycles. The minimum absolute atomic E-state index is 0.142. The molecule has 98 valence electrons. The van der Waals surface area contributed by atoms with Gasteiger partial charge in [0.05, 0.1) is 6.10 Å². The number of hydrogen-bond donors (Lipinski definition) is 0. The van der Waals surface area contributed by atoms with Crippen LogP contribution < -0.4 is 0 Å². The number of allylic oxidation sites excluding steroid dienone is 1. The van der Waals surface area contributed by atoms with Crippen LogP contribution in [0.1, 0.15) is 33.6 Å². The van der Waals surface area contributed by atoms with E-state index in [0.29, 0.717) is 12.1 Å². The zero-order valence-electron chi connectivity index (χ0n) is 11.5. The SMILES string of the molecule is CCC(C)C(=O)/C=C/C(C)N1CCC(OC)C1. The molecule has 1 rings (SSSR count). The normalized spacial score (nSPS) is 25.3. The first-order valence-electron chi connectivity index (χ1n) is 6.57. The molecule has 0 aliphatic carbocycles. The van der Waals surface area contributed by atoms with E-state index in [9.17, 15) is 4.79 Å². The van der Waals surface area contributed by atoms with Gasteiger partial charge in [0, 0.05) is 32.2 Å². The number of carbonyl (C=O) groups is 1. The molecule has 0 spiro atoms. The van der Waals surface area contributed by atoms with E-state index in [0.717, 1.165) is 25.9 Å². The third-order valence-corrected chi connectivity index (χ3v) is 3.72. The summed E-state index contributed by atoms with van der Waals surface area (Å²) >= 11 is 0. The Hall–Kier alpha value is -0.670. The fourth-order valence-electron chi connectivity index (χ4n) is 2.04. The van der Waals surface area contributed by atoms with E-state index in [1.807, 2.05) is 19.9 Å². The summed E-state index contributed by atoms with van der Waals surface area (Å²) in [6, 6.07) is 0.322. The number of methoxy groups -OCH3 is 1. The van der Waals surface area contributed by atoms with E-state index in [1.54, 1.807) is 13.2 Å². The van der Waals surface area contributed by atoms with Gasteiger partial charge < -0.3 is 4.74 Å². The van der Waals surface area contributed by atoms with Gasteiger partial charge in [0.1, 0.15) is 0 Å². The van der Waals surface area contributed by atoms with E-state index < -0.39 is 0 Å². The summed E-state index contributed by atoms with van der Waals surface area (Å²) in [5.74, 6) is 0.380. The van der Waals surface area contributed by atoms with E-state index in [2.05, 4.69) is 11.8 Å². The quantitative estimate of drug-likeness (QED) is 0.666. The van der Waals surface area contributed by atoms with Gasteiger partial charge in [0.15, 0.2) is 5.78 Å². The van der Waals surface area contributed by atoms with Crippen LogP contribution in [0.3, 0.4) is 0 Å². The molecule has 17 heavy (non-hydrogen) atoms. The lowest BCUT2D eigenvalue weighted by molar-refractivity contribution is -0.117. The van der Waals surface area contributed by atoms with Crippen molar-refractivity contribution in [3.8, 4) is 0 Å². The Balaban J connectivity index is 2.41. The summed E-state index contributed by atoms with van der Waals surface area (Å²) in [5, 5.41) is 0. The number of hydrogen-bond acceptors (Lipinski definition) is 3. The molecule has 1 aliphatic heterocycles. The van der Waals surface area contributed by atoms with Gasteiger partial charge in [0.25, 0.3) is 0 Å². The van der Waals surface area contributed by atoms with Crippen molar-refractivity contribution in [2.24, 2.45) is 5.92 Å². The van der Waals surface area contributed by atoms with Gasteiger partial charge in [-0.15, -0.1) is 0 Å². The predicted molar refractivity (Wildman–Crippen MR) is 70.1 cm³/mol. The van der Waals surface area contributed by atoms with Crippen molar-refractivity contribution in [2.45, 2.75) is 45.8 Å². The second-order valence-electron chi connectivity index (χ2n) is 4.95. The predicted octanol–water partition coefficient (Wildman–Crippen LogP) is 2.27. The molecule has 3 atom stereocenters. The number of ketones is 1. The number of carbonyl (C=O) groups excluding carboxylic acids is 1. The third kappa shape index (κ3) is 4.25. The lowest BCUT2D eigenvalue weighted by Gasteiger charge is -2.21. The van der Waals surface area contributed by atoms with Gasteiger partial charge in [-0.25, -0.2) is 0 Å². The van der Waals surface area contributed by atoms with Crippen LogP contribution in [0.25, 0.3) is 0 Å². The van der Waals surface area contributed by atoms with Crippen molar-refractivity contribution >= 4 is 5.78 Å². The topological polar surface area (TPSA) is 29.5 Å². The van der Waals surface area contributed by atoms with Crippen LogP contribution >= 0.6 is 0 Å². The third-order valence-electron chi connectivity index (χ3n) is 3.72. The second kappa shape index (κ2) is 6.92. The summed E-state index contributed by atoms with van der Waals surface area (Å²) in [4.78, 5) is 14.0. The average molecular weight is 239 g/mol. The molecule has 3 unspecified atom stereocenters. The fourth-order valence-corrected chi connectivity index (χ4v) is 2.04. The molecular formula is C14H25NO2. The molecule has 0 amide bonds. The summed E-state index contributed by atoms with van der Waals surface area (Å²) in [6.07, 6.45) is 6.13. The van der Waals surface area contributed by atoms with Crippen LogP contribution in [0.5, 0.6) is 0 Å². The number of rotatable bonds is 6. The molecule has 3 heteroatoms. The maximum atomic E-state index is 11.7. The van der Waals surface area contributed by atoms with Gasteiger partial charge in [0.2, 0.25) is 0 Å². The molecule has 3 nitrogen and oxygen atoms in total. The largest absolute Gasteiger partial charge is 0.380 e. The highest BCUT2D eigenvalue weighted by molar-refractivity contribution is 5.91. The maximum absolute atomic E-state index is 11.7. The molecular weight excluding hydrogens is 214 g/mol. The van der Waals surface area contributed by atoms with Crippen LogP contribution in [-0.4, -0.2) is 43.0 Å². The zero-order valence-corrected chi connectivity index (χ0v) is 11.5. The molecule has 0 aromatic heterocycles. The first-order valence-corrected chi connectivity index (χ1v) is 6.57. The monoisotopic (exact) mass is 239 g/mol.